The van der Waals surface area contributed by atoms with Crippen LogP contribution in [0.25, 0.3) is 0 Å². The largest absolute Gasteiger partial charge is 0.496 e. The van der Waals surface area contributed by atoms with Gasteiger partial charge in [-0.2, -0.15) is 11.8 Å². The van der Waals surface area contributed by atoms with Crippen LogP contribution in [0.2, 0.25) is 0 Å². The number of ether oxygens (including phenoxy) is 2. The van der Waals surface area contributed by atoms with Gasteiger partial charge in [0.2, 0.25) is 5.91 Å². The molecular formula is C21H30N2O3S. The quantitative estimate of drug-likeness (QED) is 0.772. The molecule has 2 heterocycles. The number of amides is 1. The molecule has 27 heavy (non-hydrogen) atoms. The van der Waals surface area contributed by atoms with Crippen molar-refractivity contribution < 1.29 is 14.3 Å². The molecule has 0 saturated carbocycles. The molecule has 1 atom stereocenters. The van der Waals surface area contributed by atoms with Crippen molar-refractivity contribution in [3.8, 4) is 5.75 Å². The van der Waals surface area contributed by atoms with Gasteiger partial charge in [0.15, 0.2) is 0 Å². The minimum Gasteiger partial charge on any atom is -0.496 e. The van der Waals surface area contributed by atoms with E-state index in [1.54, 1.807) is 7.11 Å². The Morgan fingerprint density at radius 3 is 2.78 bits per heavy atom. The normalized spacial score (nSPS) is 23.3. The van der Waals surface area contributed by atoms with Crippen molar-refractivity contribution in [2.75, 3.05) is 51.5 Å². The Kier molecular flexibility index (Phi) is 6.25. The van der Waals surface area contributed by atoms with Gasteiger partial charge >= 0.3 is 0 Å². The van der Waals surface area contributed by atoms with Gasteiger partial charge in [0.1, 0.15) is 5.75 Å². The van der Waals surface area contributed by atoms with Gasteiger partial charge in [-0.3, -0.25) is 9.69 Å². The van der Waals surface area contributed by atoms with Gasteiger partial charge in [0, 0.05) is 55.7 Å². The number of rotatable bonds is 5. The van der Waals surface area contributed by atoms with E-state index in [0.717, 1.165) is 56.5 Å². The summed E-state index contributed by atoms with van der Waals surface area (Å²) < 4.78 is 11.4. The number of morpholine rings is 1. The van der Waals surface area contributed by atoms with E-state index in [1.165, 1.54) is 29.5 Å². The third-order valence-corrected chi connectivity index (χ3v) is 6.93. The topological polar surface area (TPSA) is 42.0 Å². The first kappa shape index (κ1) is 19.1. The van der Waals surface area contributed by atoms with E-state index in [2.05, 4.69) is 17.0 Å². The van der Waals surface area contributed by atoms with Gasteiger partial charge in [-0.05, 0) is 36.5 Å². The number of thioether (sulfide) groups is 1. The summed E-state index contributed by atoms with van der Waals surface area (Å²) in [6.07, 6.45) is 4.13. The lowest BCUT2D eigenvalue weighted by Crippen LogP contribution is -2.48. The zero-order chi connectivity index (χ0) is 18.6. The first-order chi connectivity index (χ1) is 13.2. The number of methoxy groups -OCH3 is 1. The lowest BCUT2D eigenvalue weighted by Gasteiger charge is -2.37. The molecule has 0 aromatic heterocycles. The lowest BCUT2D eigenvalue weighted by atomic mass is 10.0. The zero-order valence-corrected chi connectivity index (χ0v) is 17.1. The molecule has 4 rings (SSSR count). The van der Waals surface area contributed by atoms with Crippen molar-refractivity contribution in [3.05, 3.63) is 28.8 Å². The van der Waals surface area contributed by atoms with Gasteiger partial charge in [0.05, 0.1) is 20.3 Å². The Bertz CT molecular complexity index is 676. The van der Waals surface area contributed by atoms with Crippen molar-refractivity contribution in [1.82, 2.24) is 9.80 Å². The van der Waals surface area contributed by atoms with Crippen molar-refractivity contribution in [3.63, 3.8) is 0 Å². The minimum absolute atomic E-state index is 0.152. The second-order valence-corrected chi connectivity index (χ2v) is 8.91. The maximum Gasteiger partial charge on any atom is 0.224 e. The molecule has 2 saturated heterocycles. The fraction of sp³-hybridized carbons (Fsp3) is 0.667. The molecular weight excluding hydrogens is 360 g/mol. The summed E-state index contributed by atoms with van der Waals surface area (Å²) in [5, 5.41) is 0. The van der Waals surface area contributed by atoms with E-state index in [9.17, 15) is 4.79 Å². The van der Waals surface area contributed by atoms with Crippen LogP contribution in [0.1, 0.15) is 29.5 Å². The molecule has 1 unspecified atom stereocenters. The Morgan fingerprint density at radius 2 is 2.00 bits per heavy atom. The first-order valence-electron chi connectivity index (χ1n) is 10.1. The Hall–Kier alpha value is -1.24. The number of fused-ring (bicyclic) bond motifs is 1. The summed E-state index contributed by atoms with van der Waals surface area (Å²) in [5.41, 5.74) is 4.15. The molecule has 2 fully saturated rings. The highest BCUT2D eigenvalue weighted by Crippen LogP contribution is 2.31. The highest BCUT2D eigenvalue weighted by Gasteiger charge is 2.29. The zero-order valence-electron chi connectivity index (χ0n) is 16.2. The molecule has 3 aliphatic rings. The monoisotopic (exact) mass is 390 g/mol. The number of carbonyl (C=O) groups excluding carboxylic acids is 1. The fourth-order valence-electron chi connectivity index (χ4n) is 4.41. The number of carbonyl (C=O) groups is 1. The summed E-state index contributed by atoms with van der Waals surface area (Å²) in [6.45, 7) is 4.84. The molecule has 1 aromatic rings. The Balaban J connectivity index is 1.45. The molecule has 0 radical (unpaired) electrons. The smallest absolute Gasteiger partial charge is 0.224 e. The number of hydrogen-bond donors (Lipinski definition) is 0. The van der Waals surface area contributed by atoms with Crippen LogP contribution in [0.3, 0.4) is 0 Å². The van der Waals surface area contributed by atoms with Gasteiger partial charge in [-0.1, -0.05) is 6.07 Å². The lowest BCUT2D eigenvalue weighted by molar-refractivity contribution is -0.134. The molecule has 5 nitrogen and oxygen atoms in total. The van der Waals surface area contributed by atoms with Crippen LogP contribution in [-0.4, -0.2) is 73.2 Å². The van der Waals surface area contributed by atoms with E-state index < -0.39 is 0 Å². The van der Waals surface area contributed by atoms with Crippen molar-refractivity contribution in [2.24, 2.45) is 0 Å². The minimum atomic E-state index is 0.152. The maximum atomic E-state index is 12.8. The average molecular weight is 391 g/mol. The first-order valence-corrected chi connectivity index (χ1v) is 11.3. The van der Waals surface area contributed by atoms with E-state index in [4.69, 9.17) is 9.47 Å². The predicted octanol–water partition coefficient (Wildman–Crippen LogP) is 2.35. The summed E-state index contributed by atoms with van der Waals surface area (Å²) in [6, 6.07) is 4.71. The summed E-state index contributed by atoms with van der Waals surface area (Å²) >= 11 is 1.94. The molecule has 148 valence electrons. The number of hydrogen-bond acceptors (Lipinski definition) is 5. The third kappa shape index (κ3) is 4.44. The molecule has 0 N–H and O–H groups in total. The molecule has 0 spiro atoms. The third-order valence-electron chi connectivity index (χ3n) is 5.99. The number of benzene rings is 1. The second kappa shape index (κ2) is 8.84. The van der Waals surface area contributed by atoms with Crippen LogP contribution >= 0.6 is 11.8 Å². The molecule has 0 bridgehead atoms. The summed E-state index contributed by atoms with van der Waals surface area (Å²) in [7, 11) is 1.76. The van der Waals surface area contributed by atoms with E-state index in [-0.39, 0.29) is 11.9 Å². The van der Waals surface area contributed by atoms with Crippen LogP contribution in [0.15, 0.2) is 12.1 Å². The van der Waals surface area contributed by atoms with Crippen molar-refractivity contribution in [1.29, 1.82) is 0 Å². The highest BCUT2D eigenvalue weighted by atomic mass is 32.2. The fourth-order valence-corrected chi connectivity index (χ4v) is 5.32. The average Bonchev–Trinajstić information content (AvgIpc) is 3.16. The van der Waals surface area contributed by atoms with Gasteiger partial charge in [0.25, 0.3) is 0 Å². The van der Waals surface area contributed by atoms with Crippen LogP contribution in [0.4, 0.5) is 0 Å². The molecule has 1 amide bonds. The van der Waals surface area contributed by atoms with Crippen molar-refractivity contribution in [2.45, 2.75) is 38.3 Å². The van der Waals surface area contributed by atoms with Gasteiger partial charge in [-0.25, -0.2) is 0 Å². The summed E-state index contributed by atoms with van der Waals surface area (Å²) in [4.78, 5) is 17.2. The molecule has 6 heteroatoms. The number of aryl methyl sites for hydroxylation is 2. The number of nitrogens with zero attached hydrogens (tertiary/aromatic N) is 2. The van der Waals surface area contributed by atoms with E-state index in [1.807, 2.05) is 16.7 Å². The van der Waals surface area contributed by atoms with E-state index in [0.29, 0.717) is 13.0 Å². The Labute approximate surface area is 166 Å². The highest BCUT2D eigenvalue weighted by molar-refractivity contribution is 7.99. The SMILES string of the molecule is COc1cc2c(cc1CN1CCOCC1CC(=O)N1CCSCC1)CCC2. The van der Waals surface area contributed by atoms with Crippen LogP contribution in [-0.2, 0) is 28.9 Å². The molecule has 1 aromatic carbocycles. The maximum absolute atomic E-state index is 12.8. The van der Waals surface area contributed by atoms with Crippen molar-refractivity contribution >= 4 is 17.7 Å². The van der Waals surface area contributed by atoms with Crippen LogP contribution in [0, 0.1) is 0 Å². The molecule has 2 aliphatic heterocycles. The van der Waals surface area contributed by atoms with E-state index >= 15 is 0 Å². The van der Waals surface area contributed by atoms with Crippen LogP contribution in [0.5, 0.6) is 5.75 Å². The van der Waals surface area contributed by atoms with Gasteiger partial charge in [-0.15, -0.1) is 0 Å². The predicted molar refractivity (Wildman–Crippen MR) is 109 cm³/mol. The second-order valence-electron chi connectivity index (χ2n) is 7.68. The Morgan fingerprint density at radius 1 is 1.22 bits per heavy atom. The van der Waals surface area contributed by atoms with Gasteiger partial charge < -0.3 is 14.4 Å². The van der Waals surface area contributed by atoms with Crippen LogP contribution < -0.4 is 4.74 Å². The molecule has 1 aliphatic carbocycles. The summed E-state index contributed by atoms with van der Waals surface area (Å²) in [5.74, 6) is 3.38. The standard InChI is InChI=1S/C21H30N2O3S/c1-25-20-12-17-4-2-3-16(17)11-18(20)14-23-5-8-26-15-19(23)13-21(24)22-6-9-27-10-7-22/h11-12,19H,2-10,13-15H2,1H3.